The SMILES string of the molecule is Cc1ccc(N(CCCC(=O)N(Cc2cccc(C)c2)[C@H](Cc2ccccc2)C(=O)NC(C)(C)C)S(C)(=O)=O)cc1. The Morgan fingerprint density at radius 1 is 0.854 bits per heavy atom. The number of carbonyl (C=O) groups is 2. The molecule has 0 saturated heterocycles. The Bertz CT molecular complexity index is 1410. The lowest BCUT2D eigenvalue weighted by Gasteiger charge is -2.34. The van der Waals surface area contributed by atoms with Crippen LogP contribution in [0.2, 0.25) is 0 Å². The molecule has 3 aromatic rings. The largest absolute Gasteiger partial charge is 0.350 e. The Morgan fingerprint density at radius 2 is 1.49 bits per heavy atom. The third-order valence-corrected chi connectivity index (χ3v) is 7.87. The zero-order chi connectivity index (χ0) is 30.2. The molecule has 0 aliphatic heterocycles. The van der Waals surface area contributed by atoms with Crippen LogP contribution in [0.3, 0.4) is 0 Å². The molecule has 0 bridgehead atoms. The third kappa shape index (κ3) is 10.0. The van der Waals surface area contributed by atoms with Crippen LogP contribution < -0.4 is 9.62 Å². The average molecular weight is 578 g/mol. The molecule has 1 atom stereocenters. The van der Waals surface area contributed by atoms with Crippen LogP contribution in [0.15, 0.2) is 78.9 Å². The van der Waals surface area contributed by atoms with E-state index in [0.29, 0.717) is 18.5 Å². The number of hydrogen-bond acceptors (Lipinski definition) is 4. The van der Waals surface area contributed by atoms with E-state index in [1.54, 1.807) is 17.0 Å². The summed E-state index contributed by atoms with van der Waals surface area (Å²) < 4.78 is 26.6. The van der Waals surface area contributed by atoms with Gasteiger partial charge in [-0.2, -0.15) is 0 Å². The highest BCUT2D eigenvalue weighted by atomic mass is 32.2. The fraction of sp³-hybridized carbons (Fsp3) is 0.394. The predicted molar refractivity (Wildman–Crippen MR) is 166 cm³/mol. The Morgan fingerprint density at radius 3 is 2.07 bits per heavy atom. The van der Waals surface area contributed by atoms with Crippen molar-refractivity contribution < 1.29 is 18.0 Å². The molecule has 0 radical (unpaired) electrons. The van der Waals surface area contributed by atoms with Crippen molar-refractivity contribution in [1.29, 1.82) is 0 Å². The lowest BCUT2D eigenvalue weighted by Crippen LogP contribution is -2.54. The summed E-state index contributed by atoms with van der Waals surface area (Å²) in [5.74, 6) is -0.423. The van der Waals surface area contributed by atoms with Gasteiger partial charge in [-0.3, -0.25) is 13.9 Å². The summed E-state index contributed by atoms with van der Waals surface area (Å²) in [5.41, 5.74) is 4.06. The van der Waals surface area contributed by atoms with E-state index in [2.05, 4.69) is 5.32 Å². The smallest absolute Gasteiger partial charge is 0.243 e. The highest BCUT2D eigenvalue weighted by molar-refractivity contribution is 7.92. The van der Waals surface area contributed by atoms with Crippen molar-refractivity contribution in [3.63, 3.8) is 0 Å². The summed E-state index contributed by atoms with van der Waals surface area (Å²) >= 11 is 0. The first kappa shape index (κ1) is 31.9. The third-order valence-electron chi connectivity index (χ3n) is 6.68. The van der Waals surface area contributed by atoms with Crippen molar-refractivity contribution in [2.24, 2.45) is 0 Å². The molecule has 0 heterocycles. The van der Waals surface area contributed by atoms with Gasteiger partial charge in [0.1, 0.15) is 6.04 Å². The molecule has 0 saturated carbocycles. The van der Waals surface area contributed by atoms with Crippen molar-refractivity contribution in [2.75, 3.05) is 17.1 Å². The number of amides is 2. The van der Waals surface area contributed by atoms with Crippen LogP contribution in [0.1, 0.15) is 55.9 Å². The molecule has 0 aliphatic rings. The monoisotopic (exact) mass is 577 g/mol. The number of carbonyl (C=O) groups excluding carboxylic acids is 2. The predicted octanol–water partition coefficient (Wildman–Crippen LogP) is 5.40. The van der Waals surface area contributed by atoms with Crippen molar-refractivity contribution in [2.45, 2.75) is 72.0 Å². The lowest BCUT2D eigenvalue weighted by atomic mass is 10.00. The molecule has 0 aromatic heterocycles. The number of anilines is 1. The standard InChI is InChI=1S/C33H43N3O4S/c1-25-17-19-29(20-18-25)36(41(6,39)40)21-11-16-31(37)35(24-28-15-10-12-26(2)22-28)30(32(38)34-33(3,4)5)23-27-13-8-7-9-14-27/h7-10,12-15,17-20,22,30H,11,16,21,23-24H2,1-6H3,(H,34,38)/t30-/m1/s1. The molecular formula is C33H43N3O4S. The number of hydrogen-bond donors (Lipinski definition) is 1. The van der Waals surface area contributed by atoms with Crippen LogP contribution in [-0.2, 0) is 32.6 Å². The highest BCUT2D eigenvalue weighted by Gasteiger charge is 2.32. The van der Waals surface area contributed by atoms with E-state index in [-0.39, 0.29) is 31.3 Å². The minimum atomic E-state index is -3.55. The van der Waals surface area contributed by atoms with Crippen molar-refractivity contribution in [3.8, 4) is 0 Å². The summed E-state index contributed by atoms with van der Waals surface area (Å²) in [6.45, 7) is 10.1. The van der Waals surface area contributed by atoms with E-state index in [0.717, 1.165) is 22.3 Å². The maximum Gasteiger partial charge on any atom is 0.243 e. The van der Waals surface area contributed by atoms with Crippen molar-refractivity contribution >= 4 is 27.5 Å². The molecule has 2 amide bonds. The number of sulfonamides is 1. The Hall–Kier alpha value is -3.65. The number of benzene rings is 3. The fourth-order valence-corrected chi connectivity index (χ4v) is 5.69. The second-order valence-corrected chi connectivity index (χ2v) is 13.6. The van der Waals surface area contributed by atoms with Crippen molar-refractivity contribution in [3.05, 3.63) is 101 Å². The molecule has 8 heteroatoms. The molecule has 0 aliphatic carbocycles. The minimum absolute atomic E-state index is 0.0950. The molecule has 220 valence electrons. The van der Waals surface area contributed by atoms with Gasteiger partial charge in [0.05, 0.1) is 11.9 Å². The van der Waals surface area contributed by atoms with Gasteiger partial charge in [0, 0.05) is 31.5 Å². The first-order valence-electron chi connectivity index (χ1n) is 14.0. The van der Waals surface area contributed by atoms with E-state index >= 15 is 0 Å². The Kier molecular flexibility index (Phi) is 10.7. The van der Waals surface area contributed by atoms with Gasteiger partial charge < -0.3 is 10.2 Å². The highest BCUT2D eigenvalue weighted by Crippen LogP contribution is 2.21. The molecule has 0 spiro atoms. The van der Waals surface area contributed by atoms with E-state index in [1.807, 2.05) is 101 Å². The molecule has 0 fully saturated rings. The normalized spacial score (nSPS) is 12.4. The minimum Gasteiger partial charge on any atom is -0.350 e. The molecule has 3 aromatic carbocycles. The summed E-state index contributed by atoms with van der Waals surface area (Å²) in [6, 6.07) is 24.1. The van der Waals surface area contributed by atoms with Gasteiger partial charge in [-0.25, -0.2) is 8.42 Å². The second-order valence-electron chi connectivity index (χ2n) is 11.7. The van der Waals surface area contributed by atoms with E-state index in [9.17, 15) is 18.0 Å². The summed E-state index contributed by atoms with van der Waals surface area (Å²) in [6.07, 6.45) is 1.94. The molecule has 3 rings (SSSR count). The lowest BCUT2D eigenvalue weighted by molar-refractivity contribution is -0.142. The number of nitrogens with zero attached hydrogens (tertiary/aromatic N) is 2. The van der Waals surface area contributed by atoms with Crippen LogP contribution in [0.5, 0.6) is 0 Å². The second kappa shape index (κ2) is 13.8. The Balaban J connectivity index is 1.90. The summed E-state index contributed by atoms with van der Waals surface area (Å²) in [7, 11) is -3.55. The van der Waals surface area contributed by atoms with Crippen LogP contribution in [0.4, 0.5) is 5.69 Å². The first-order valence-corrected chi connectivity index (χ1v) is 15.8. The Labute approximate surface area is 245 Å². The van der Waals surface area contributed by atoms with Crippen LogP contribution in [-0.4, -0.2) is 49.5 Å². The van der Waals surface area contributed by atoms with E-state index < -0.39 is 21.6 Å². The quantitative estimate of drug-likeness (QED) is 0.312. The fourth-order valence-electron chi connectivity index (χ4n) is 4.73. The topological polar surface area (TPSA) is 86.8 Å². The van der Waals surface area contributed by atoms with E-state index in [4.69, 9.17) is 0 Å². The molecule has 41 heavy (non-hydrogen) atoms. The number of nitrogens with one attached hydrogen (secondary N) is 1. The molecule has 1 N–H and O–H groups in total. The first-order chi connectivity index (χ1) is 19.2. The van der Waals surface area contributed by atoms with Gasteiger partial charge in [0.2, 0.25) is 21.8 Å². The van der Waals surface area contributed by atoms with Crippen LogP contribution >= 0.6 is 0 Å². The van der Waals surface area contributed by atoms with Gasteiger partial charge >= 0.3 is 0 Å². The van der Waals surface area contributed by atoms with Gasteiger partial charge in [0.15, 0.2) is 0 Å². The number of aryl methyl sites for hydroxylation is 2. The maximum absolute atomic E-state index is 13.9. The zero-order valence-electron chi connectivity index (χ0n) is 25.1. The van der Waals surface area contributed by atoms with Gasteiger partial charge in [0.25, 0.3) is 0 Å². The van der Waals surface area contributed by atoms with Gasteiger partial charge in [-0.1, -0.05) is 77.9 Å². The maximum atomic E-state index is 13.9. The van der Waals surface area contributed by atoms with Gasteiger partial charge in [-0.05, 0) is 64.3 Å². The summed E-state index contributed by atoms with van der Waals surface area (Å²) in [4.78, 5) is 29.3. The van der Waals surface area contributed by atoms with Crippen LogP contribution in [0, 0.1) is 13.8 Å². The molecular weight excluding hydrogens is 534 g/mol. The zero-order valence-corrected chi connectivity index (χ0v) is 25.9. The number of rotatable bonds is 12. The van der Waals surface area contributed by atoms with Crippen LogP contribution in [0.25, 0.3) is 0 Å². The molecule has 0 unspecified atom stereocenters. The van der Waals surface area contributed by atoms with Crippen molar-refractivity contribution in [1.82, 2.24) is 10.2 Å². The average Bonchev–Trinajstić information content (AvgIpc) is 2.88. The molecule has 7 nitrogen and oxygen atoms in total. The van der Waals surface area contributed by atoms with Gasteiger partial charge in [-0.15, -0.1) is 0 Å². The van der Waals surface area contributed by atoms with E-state index in [1.165, 1.54) is 10.6 Å². The summed E-state index contributed by atoms with van der Waals surface area (Å²) in [5, 5.41) is 3.07.